The number of amides is 2. The molecule has 1 saturated heterocycles. The highest BCUT2D eigenvalue weighted by Crippen LogP contribution is 2.37. The zero-order valence-corrected chi connectivity index (χ0v) is 17.9. The van der Waals surface area contributed by atoms with E-state index in [1.807, 2.05) is 13.8 Å². The van der Waals surface area contributed by atoms with Crippen LogP contribution in [-0.2, 0) is 10.9 Å². The third kappa shape index (κ3) is 5.78. The normalized spacial score (nSPS) is 19.6. The van der Waals surface area contributed by atoms with Crippen LogP contribution in [0.5, 0.6) is 0 Å². The number of hydrogen-bond acceptors (Lipinski definition) is 4. The lowest BCUT2D eigenvalue weighted by molar-refractivity contribution is -0.137. The van der Waals surface area contributed by atoms with Crippen molar-refractivity contribution in [3.8, 4) is 0 Å². The van der Waals surface area contributed by atoms with E-state index in [0.29, 0.717) is 38.6 Å². The standard InChI is InChI=1S/C22H28F3N3O3/c1-14(2)19-13-31-20(27-19)17-10-16(11-28(12-17)21(29)26-8-9-30-3)15-4-6-18(7-5-15)22(23,24)25/h4-7,13-14,16-17H,8-12H2,1-3H3,(H,26,29). The SMILES string of the molecule is COCCNC(=O)N1CC(c2ccc(C(F)(F)F)cc2)CC(c2nc(C(C)C)co2)C1. The van der Waals surface area contributed by atoms with Gasteiger partial charge in [-0.05, 0) is 30.0 Å². The van der Waals surface area contributed by atoms with Crippen LogP contribution in [0.25, 0.3) is 0 Å². The summed E-state index contributed by atoms with van der Waals surface area (Å²) in [7, 11) is 1.55. The van der Waals surface area contributed by atoms with Crippen molar-refractivity contribution in [2.75, 3.05) is 33.4 Å². The first-order valence-corrected chi connectivity index (χ1v) is 10.3. The Labute approximate surface area is 179 Å². The van der Waals surface area contributed by atoms with Gasteiger partial charge >= 0.3 is 12.2 Å². The number of rotatable bonds is 6. The van der Waals surface area contributed by atoms with E-state index in [0.717, 1.165) is 23.4 Å². The second-order valence-corrected chi connectivity index (χ2v) is 8.14. The number of carbonyl (C=O) groups excluding carboxylic acids is 1. The van der Waals surface area contributed by atoms with Crippen LogP contribution < -0.4 is 5.32 Å². The van der Waals surface area contributed by atoms with E-state index in [1.165, 1.54) is 12.1 Å². The fourth-order valence-electron chi connectivity index (χ4n) is 3.75. The lowest BCUT2D eigenvalue weighted by Gasteiger charge is -2.37. The number of likely N-dealkylation sites (tertiary alicyclic amines) is 1. The van der Waals surface area contributed by atoms with Gasteiger partial charge in [-0.2, -0.15) is 13.2 Å². The van der Waals surface area contributed by atoms with E-state index in [-0.39, 0.29) is 23.8 Å². The molecule has 0 radical (unpaired) electrons. The Hall–Kier alpha value is -2.55. The molecule has 1 aliphatic rings. The summed E-state index contributed by atoms with van der Waals surface area (Å²) in [6.45, 7) is 5.62. The minimum Gasteiger partial charge on any atom is -0.448 e. The van der Waals surface area contributed by atoms with Crippen LogP contribution >= 0.6 is 0 Å². The van der Waals surface area contributed by atoms with Gasteiger partial charge in [-0.15, -0.1) is 0 Å². The molecule has 3 rings (SSSR count). The number of ether oxygens (including phenoxy) is 1. The Kier molecular flexibility index (Phi) is 7.25. The van der Waals surface area contributed by atoms with Crippen molar-refractivity contribution in [3.63, 3.8) is 0 Å². The molecule has 170 valence electrons. The van der Waals surface area contributed by atoms with Gasteiger partial charge in [0.05, 0.1) is 23.8 Å². The molecule has 2 heterocycles. The van der Waals surface area contributed by atoms with Crippen molar-refractivity contribution in [1.29, 1.82) is 0 Å². The summed E-state index contributed by atoms with van der Waals surface area (Å²) < 4.78 is 49.5. The molecule has 1 aromatic heterocycles. The molecule has 0 bridgehead atoms. The number of aromatic nitrogens is 1. The topological polar surface area (TPSA) is 67.6 Å². The smallest absolute Gasteiger partial charge is 0.416 e. The van der Waals surface area contributed by atoms with Gasteiger partial charge in [0.25, 0.3) is 0 Å². The van der Waals surface area contributed by atoms with Gasteiger partial charge in [0, 0.05) is 32.7 Å². The van der Waals surface area contributed by atoms with Crippen LogP contribution in [0.2, 0.25) is 0 Å². The highest BCUT2D eigenvalue weighted by Gasteiger charge is 2.35. The largest absolute Gasteiger partial charge is 0.448 e. The molecular formula is C22H28F3N3O3. The Morgan fingerprint density at radius 2 is 1.94 bits per heavy atom. The monoisotopic (exact) mass is 439 g/mol. The highest BCUT2D eigenvalue weighted by atomic mass is 19.4. The Morgan fingerprint density at radius 3 is 2.52 bits per heavy atom. The molecule has 0 spiro atoms. The van der Waals surface area contributed by atoms with Gasteiger partial charge in [-0.25, -0.2) is 9.78 Å². The van der Waals surface area contributed by atoms with Gasteiger partial charge < -0.3 is 19.4 Å². The number of urea groups is 1. The maximum absolute atomic E-state index is 12.9. The van der Waals surface area contributed by atoms with Crippen LogP contribution in [0.3, 0.4) is 0 Å². The molecule has 1 aliphatic heterocycles. The molecular weight excluding hydrogens is 411 g/mol. The lowest BCUT2D eigenvalue weighted by Crippen LogP contribution is -2.48. The predicted octanol–water partition coefficient (Wildman–Crippen LogP) is 4.75. The molecule has 2 unspecified atom stereocenters. The van der Waals surface area contributed by atoms with E-state index >= 15 is 0 Å². The molecule has 9 heteroatoms. The van der Waals surface area contributed by atoms with Gasteiger partial charge in [-0.1, -0.05) is 26.0 Å². The number of methoxy groups -OCH3 is 1. The van der Waals surface area contributed by atoms with E-state index in [9.17, 15) is 18.0 Å². The van der Waals surface area contributed by atoms with Crippen LogP contribution in [-0.4, -0.2) is 49.3 Å². The van der Waals surface area contributed by atoms with Crippen molar-refractivity contribution < 1.29 is 27.1 Å². The van der Waals surface area contributed by atoms with E-state index in [2.05, 4.69) is 10.3 Å². The molecule has 0 saturated carbocycles. The van der Waals surface area contributed by atoms with Crippen molar-refractivity contribution in [2.45, 2.75) is 44.2 Å². The molecule has 2 atom stereocenters. The quantitative estimate of drug-likeness (QED) is 0.660. The Bertz CT molecular complexity index is 865. The molecule has 2 aromatic rings. The number of oxazole rings is 1. The molecule has 31 heavy (non-hydrogen) atoms. The lowest BCUT2D eigenvalue weighted by atomic mass is 9.84. The van der Waals surface area contributed by atoms with E-state index in [4.69, 9.17) is 9.15 Å². The second-order valence-electron chi connectivity index (χ2n) is 8.14. The maximum atomic E-state index is 12.9. The summed E-state index contributed by atoms with van der Waals surface area (Å²) >= 11 is 0. The van der Waals surface area contributed by atoms with E-state index in [1.54, 1.807) is 18.3 Å². The zero-order chi connectivity index (χ0) is 22.6. The first-order valence-electron chi connectivity index (χ1n) is 10.3. The van der Waals surface area contributed by atoms with Crippen molar-refractivity contribution in [3.05, 3.63) is 53.2 Å². The number of halogens is 3. The second kappa shape index (κ2) is 9.72. The Balaban J connectivity index is 1.82. The zero-order valence-electron chi connectivity index (χ0n) is 17.9. The molecule has 0 aliphatic carbocycles. The first kappa shape index (κ1) is 23.1. The minimum atomic E-state index is -4.38. The van der Waals surface area contributed by atoms with Crippen LogP contribution in [0.15, 0.2) is 34.9 Å². The van der Waals surface area contributed by atoms with Crippen molar-refractivity contribution in [2.24, 2.45) is 0 Å². The van der Waals surface area contributed by atoms with E-state index < -0.39 is 11.7 Å². The molecule has 1 N–H and O–H groups in total. The molecule has 1 aromatic carbocycles. The fourth-order valence-corrected chi connectivity index (χ4v) is 3.75. The molecule has 2 amide bonds. The van der Waals surface area contributed by atoms with Gasteiger partial charge in [-0.3, -0.25) is 0 Å². The highest BCUT2D eigenvalue weighted by molar-refractivity contribution is 5.74. The number of carbonyl (C=O) groups is 1. The number of nitrogens with one attached hydrogen (secondary N) is 1. The van der Waals surface area contributed by atoms with Crippen LogP contribution in [0, 0.1) is 0 Å². The fraction of sp³-hybridized carbons (Fsp3) is 0.545. The average molecular weight is 439 g/mol. The molecule has 1 fully saturated rings. The van der Waals surface area contributed by atoms with Crippen molar-refractivity contribution >= 4 is 6.03 Å². The average Bonchev–Trinajstić information content (AvgIpc) is 3.24. The van der Waals surface area contributed by atoms with Crippen LogP contribution in [0.1, 0.15) is 60.7 Å². The maximum Gasteiger partial charge on any atom is 0.416 e. The number of alkyl halides is 3. The Morgan fingerprint density at radius 1 is 1.26 bits per heavy atom. The summed E-state index contributed by atoms with van der Waals surface area (Å²) in [4.78, 5) is 18.9. The van der Waals surface area contributed by atoms with Crippen molar-refractivity contribution in [1.82, 2.24) is 15.2 Å². The van der Waals surface area contributed by atoms with Gasteiger partial charge in [0.2, 0.25) is 0 Å². The summed E-state index contributed by atoms with van der Waals surface area (Å²) in [6, 6.07) is 4.92. The number of nitrogens with zero attached hydrogens (tertiary/aromatic N) is 2. The summed E-state index contributed by atoms with van der Waals surface area (Å²) in [5.74, 6) is 0.473. The van der Waals surface area contributed by atoms with Crippen LogP contribution in [0.4, 0.5) is 18.0 Å². The summed E-state index contributed by atoms with van der Waals surface area (Å²) in [5, 5.41) is 2.81. The number of benzene rings is 1. The molecule has 6 nitrogen and oxygen atoms in total. The summed E-state index contributed by atoms with van der Waals surface area (Å²) in [5.41, 5.74) is 0.901. The third-order valence-electron chi connectivity index (χ3n) is 5.51. The number of piperidine rings is 1. The first-order chi connectivity index (χ1) is 14.7. The van der Waals surface area contributed by atoms with Gasteiger partial charge in [0.15, 0.2) is 5.89 Å². The summed E-state index contributed by atoms with van der Waals surface area (Å²) in [6.07, 6.45) is -2.12. The predicted molar refractivity (Wildman–Crippen MR) is 109 cm³/mol. The minimum absolute atomic E-state index is 0.136. The van der Waals surface area contributed by atoms with Gasteiger partial charge in [0.1, 0.15) is 6.26 Å². The number of hydrogen-bond donors (Lipinski definition) is 1. The third-order valence-corrected chi connectivity index (χ3v) is 5.51.